The van der Waals surface area contributed by atoms with Crippen LogP contribution in [0.25, 0.3) is 0 Å². The maximum Gasteiger partial charge on any atom is 0.200 e. The Hall–Kier alpha value is -2.93. The van der Waals surface area contributed by atoms with Gasteiger partial charge in [-0.05, 0) is 60.6 Å². The van der Waals surface area contributed by atoms with E-state index in [1.165, 1.54) is 26.4 Å². The van der Waals surface area contributed by atoms with Crippen LogP contribution in [-0.4, -0.2) is 46.5 Å². The second-order valence-electron chi connectivity index (χ2n) is 8.42. The van der Waals surface area contributed by atoms with Crippen LogP contribution in [-0.2, 0) is 11.2 Å². The lowest BCUT2D eigenvalue weighted by atomic mass is 9.86. The monoisotopic (exact) mass is 460 g/mol. The molecule has 2 aromatic carbocycles. The third-order valence-electron chi connectivity index (χ3n) is 5.88. The smallest absolute Gasteiger partial charge is 0.200 e. The van der Waals surface area contributed by atoms with Crippen molar-refractivity contribution in [3.05, 3.63) is 41.5 Å². The third kappa shape index (κ3) is 7.86. The molecule has 0 heterocycles. The molecule has 0 unspecified atom stereocenters. The van der Waals surface area contributed by atoms with E-state index in [0.29, 0.717) is 18.6 Å². The summed E-state index contributed by atoms with van der Waals surface area (Å²) in [5.74, 6) is -0.110. The van der Waals surface area contributed by atoms with Crippen molar-refractivity contribution in [2.45, 2.75) is 70.3 Å². The van der Waals surface area contributed by atoms with Crippen LogP contribution in [0.2, 0.25) is 0 Å². The highest BCUT2D eigenvalue weighted by Gasteiger charge is 2.22. The van der Waals surface area contributed by atoms with Crippen molar-refractivity contribution in [2.75, 3.05) is 14.2 Å². The molecule has 0 spiro atoms. The van der Waals surface area contributed by atoms with E-state index in [9.17, 15) is 25.2 Å². The molecule has 0 aliphatic rings. The van der Waals surface area contributed by atoms with Gasteiger partial charge in [-0.2, -0.15) is 0 Å². The van der Waals surface area contributed by atoms with Gasteiger partial charge in [-0.15, -0.1) is 0 Å². The van der Waals surface area contributed by atoms with Crippen LogP contribution in [0.4, 0.5) is 0 Å². The van der Waals surface area contributed by atoms with Crippen LogP contribution >= 0.6 is 0 Å². The van der Waals surface area contributed by atoms with Gasteiger partial charge in [-0.25, -0.2) is 0 Å². The number of hydrogen-bond acceptors (Lipinski definition) is 7. The number of hydrogen-bond donors (Lipinski definition) is 4. The number of aliphatic hydroxyl groups excluding tert-OH is 1. The van der Waals surface area contributed by atoms with Crippen LogP contribution < -0.4 is 9.47 Å². The van der Waals surface area contributed by atoms with E-state index in [1.807, 2.05) is 0 Å². The fraction of sp³-hybridized carbons (Fsp3) is 0.500. The number of phenols is 3. The van der Waals surface area contributed by atoms with Crippen molar-refractivity contribution < 1.29 is 34.7 Å². The molecule has 7 nitrogen and oxygen atoms in total. The average Bonchev–Trinajstić information content (AvgIpc) is 2.79. The zero-order valence-electron chi connectivity index (χ0n) is 19.7. The van der Waals surface area contributed by atoms with E-state index in [2.05, 4.69) is 6.92 Å². The van der Waals surface area contributed by atoms with Gasteiger partial charge < -0.3 is 29.9 Å². The molecule has 33 heavy (non-hydrogen) atoms. The molecule has 0 radical (unpaired) electrons. The average molecular weight is 461 g/mol. The number of unbranched alkanes of at least 4 members (excludes halogenated alkanes) is 2. The van der Waals surface area contributed by atoms with Crippen molar-refractivity contribution in [3.8, 4) is 28.7 Å². The molecule has 2 aromatic rings. The number of ketones is 1. The molecule has 0 aliphatic carbocycles. The number of benzene rings is 2. The van der Waals surface area contributed by atoms with Crippen molar-refractivity contribution >= 4 is 5.78 Å². The molecule has 7 heteroatoms. The minimum absolute atomic E-state index is 0.0424. The summed E-state index contributed by atoms with van der Waals surface area (Å²) in [5, 5.41) is 40.3. The quantitative estimate of drug-likeness (QED) is 0.236. The summed E-state index contributed by atoms with van der Waals surface area (Å²) in [6, 6.07) is 8.17. The maximum absolute atomic E-state index is 12.5. The molecular formula is C26H36O7. The molecule has 0 fully saturated rings. The highest BCUT2D eigenvalue weighted by molar-refractivity contribution is 5.79. The Balaban J connectivity index is 2.01. The summed E-state index contributed by atoms with van der Waals surface area (Å²) in [6.45, 7) is 2.11. The number of phenolic OH excluding ortho intramolecular Hbond substituents is 3. The van der Waals surface area contributed by atoms with E-state index in [4.69, 9.17) is 9.47 Å². The van der Waals surface area contributed by atoms with E-state index in [-0.39, 0.29) is 47.5 Å². The Bertz CT molecular complexity index is 910. The van der Waals surface area contributed by atoms with E-state index in [1.54, 1.807) is 18.2 Å². The summed E-state index contributed by atoms with van der Waals surface area (Å²) in [7, 11) is 2.89. The SMILES string of the molecule is CCCCC[C@H](C[C@@H](O)CC(=O)CCc1ccc(O)c(OC)c1)c1cc(O)c(O)c(OC)c1. The van der Waals surface area contributed by atoms with Gasteiger partial charge in [-0.1, -0.05) is 32.3 Å². The molecule has 0 aromatic heterocycles. The van der Waals surface area contributed by atoms with Crippen molar-refractivity contribution in [1.82, 2.24) is 0 Å². The normalized spacial score (nSPS) is 12.8. The van der Waals surface area contributed by atoms with Gasteiger partial charge in [0.1, 0.15) is 5.78 Å². The van der Waals surface area contributed by atoms with Gasteiger partial charge in [0.25, 0.3) is 0 Å². The minimum atomic E-state index is -0.819. The number of methoxy groups -OCH3 is 2. The van der Waals surface area contributed by atoms with Crippen LogP contribution in [0, 0.1) is 0 Å². The number of aromatic hydroxyl groups is 3. The molecule has 0 saturated carbocycles. The summed E-state index contributed by atoms with van der Waals surface area (Å²) in [4.78, 5) is 12.5. The number of ether oxygens (including phenoxy) is 2. The highest BCUT2D eigenvalue weighted by atomic mass is 16.5. The fourth-order valence-corrected chi connectivity index (χ4v) is 4.00. The third-order valence-corrected chi connectivity index (χ3v) is 5.88. The van der Waals surface area contributed by atoms with Crippen LogP contribution in [0.15, 0.2) is 30.3 Å². The second-order valence-corrected chi connectivity index (χ2v) is 8.42. The maximum atomic E-state index is 12.5. The second kappa shape index (κ2) is 12.9. The summed E-state index contributed by atoms with van der Waals surface area (Å²) in [5.41, 5.74) is 1.64. The van der Waals surface area contributed by atoms with E-state index in [0.717, 1.165) is 36.8 Å². The first-order chi connectivity index (χ1) is 15.8. The molecule has 0 bridgehead atoms. The predicted octanol–water partition coefficient (Wildman–Crippen LogP) is 4.83. The Labute approximate surface area is 195 Å². The van der Waals surface area contributed by atoms with E-state index >= 15 is 0 Å². The Morgan fingerprint density at radius 1 is 0.970 bits per heavy atom. The molecule has 0 aliphatic heterocycles. The first-order valence-corrected chi connectivity index (χ1v) is 11.4. The summed E-state index contributed by atoms with van der Waals surface area (Å²) >= 11 is 0. The van der Waals surface area contributed by atoms with Gasteiger partial charge in [0.05, 0.1) is 20.3 Å². The molecular weight excluding hydrogens is 424 g/mol. The first kappa shape index (κ1) is 26.3. The number of aryl methyl sites for hydroxylation is 1. The van der Waals surface area contributed by atoms with Gasteiger partial charge in [0.2, 0.25) is 5.75 Å². The number of carbonyl (C=O) groups is 1. The van der Waals surface area contributed by atoms with Gasteiger partial charge in [-0.3, -0.25) is 4.79 Å². The topological polar surface area (TPSA) is 116 Å². The summed E-state index contributed by atoms with van der Waals surface area (Å²) < 4.78 is 10.3. The number of aliphatic hydroxyl groups is 1. The van der Waals surface area contributed by atoms with Crippen LogP contribution in [0.1, 0.15) is 68.9 Å². The fourth-order valence-electron chi connectivity index (χ4n) is 4.00. The van der Waals surface area contributed by atoms with E-state index < -0.39 is 6.10 Å². The van der Waals surface area contributed by atoms with Crippen LogP contribution in [0.3, 0.4) is 0 Å². The Kier molecular flexibility index (Phi) is 10.3. The lowest BCUT2D eigenvalue weighted by Gasteiger charge is -2.22. The largest absolute Gasteiger partial charge is 0.504 e. The Morgan fingerprint density at radius 3 is 2.36 bits per heavy atom. The molecule has 0 amide bonds. The van der Waals surface area contributed by atoms with Gasteiger partial charge >= 0.3 is 0 Å². The van der Waals surface area contributed by atoms with Crippen LogP contribution in [0.5, 0.6) is 28.7 Å². The molecule has 0 saturated heterocycles. The first-order valence-electron chi connectivity index (χ1n) is 11.4. The highest BCUT2D eigenvalue weighted by Crippen LogP contribution is 2.40. The minimum Gasteiger partial charge on any atom is -0.504 e. The molecule has 4 N–H and O–H groups in total. The zero-order valence-corrected chi connectivity index (χ0v) is 19.7. The van der Waals surface area contributed by atoms with Gasteiger partial charge in [0, 0.05) is 12.8 Å². The summed E-state index contributed by atoms with van der Waals surface area (Å²) in [6.07, 6.45) is 4.21. The Morgan fingerprint density at radius 2 is 1.70 bits per heavy atom. The van der Waals surface area contributed by atoms with Crippen molar-refractivity contribution in [2.24, 2.45) is 0 Å². The van der Waals surface area contributed by atoms with Gasteiger partial charge in [0.15, 0.2) is 23.0 Å². The van der Waals surface area contributed by atoms with Crippen molar-refractivity contribution in [1.29, 1.82) is 0 Å². The number of rotatable bonds is 14. The lowest BCUT2D eigenvalue weighted by Crippen LogP contribution is -2.18. The number of carbonyl (C=O) groups excluding carboxylic acids is 1. The van der Waals surface area contributed by atoms with Crippen molar-refractivity contribution in [3.63, 3.8) is 0 Å². The lowest BCUT2D eigenvalue weighted by molar-refractivity contribution is -0.121. The molecule has 2 rings (SSSR count). The standard InChI is InChI=1S/C26H36O7/c1-4-5-6-7-18(19-14-23(30)26(31)25(15-19)33-3)13-21(28)16-20(27)10-8-17-9-11-22(29)24(12-17)32-2/h9,11-12,14-15,18,21,28-31H,4-8,10,13,16H2,1-3H3/t18-,21-/m1/s1. The zero-order chi connectivity index (χ0) is 24.4. The predicted molar refractivity (Wildman–Crippen MR) is 126 cm³/mol. The molecule has 182 valence electrons. The molecule has 2 atom stereocenters. The number of Topliss-reactive ketones (excluding diaryl/α,β-unsaturated/α-hetero) is 1.